The summed E-state index contributed by atoms with van der Waals surface area (Å²) in [6.45, 7) is -0.251. The van der Waals surface area contributed by atoms with Crippen molar-refractivity contribution < 1.29 is 13.9 Å². The average molecular weight is 235 g/mol. The van der Waals surface area contributed by atoms with Gasteiger partial charge in [0.1, 0.15) is 6.61 Å². The Morgan fingerprint density at radius 1 is 1.35 bits per heavy atom. The van der Waals surface area contributed by atoms with E-state index in [1.165, 1.54) is 23.7 Å². The fourth-order valence-electron chi connectivity index (χ4n) is 1.68. The van der Waals surface area contributed by atoms with Crippen LogP contribution in [0.2, 0.25) is 0 Å². The van der Waals surface area contributed by atoms with Gasteiger partial charge in [-0.15, -0.1) is 0 Å². The van der Waals surface area contributed by atoms with Gasteiger partial charge in [-0.1, -0.05) is 0 Å². The van der Waals surface area contributed by atoms with Crippen LogP contribution >= 0.6 is 0 Å². The number of aryl methyl sites for hydroxylation is 1. The Labute approximate surface area is 96.2 Å². The van der Waals surface area contributed by atoms with Crippen molar-refractivity contribution in [3.8, 4) is 5.75 Å². The van der Waals surface area contributed by atoms with Crippen molar-refractivity contribution in [2.45, 2.75) is 0 Å². The van der Waals surface area contributed by atoms with E-state index in [9.17, 15) is 14.0 Å². The van der Waals surface area contributed by atoms with Gasteiger partial charge < -0.3 is 9.30 Å². The highest BCUT2D eigenvalue weighted by Gasteiger charge is 2.12. The number of fused-ring (bicyclic) bond motifs is 1. The molecule has 2 rings (SSSR count). The number of benzene rings is 1. The lowest BCUT2D eigenvalue weighted by Gasteiger charge is -2.11. The molecule has 0 saturated heterocycles. The predicted molar refractivity (Wildman–Crippen MR) is 60.7 cm³/mol. The second-order valence-corrected chi connectivity index (χ2v) is 3.52. The number of aldehydes is 1. The van der Waals surface area contributed by atoms with Crippen LogP contribution in [0.15, 0.2) is 29.1 Å². The molecule has 1 aromatic carbocycles. The van der Waals surface area contributed by atoms with E-state index < -0.39 is 5.82 Å². The molecule has 0 N–H and O–H groups in total. The Hall–Kier alpha value is -2.17. The summed E-state index contributed by atoms with van der Waals surface area (Å²) in [4.78, 5) is 21.7. The van der Waals surface area contributed by atoms with Gasteiger partial charge in [-0.05, 0) is 18.2 Å². The molecule has 1 heterocycles. The second-order valence-electron chi connectivity index (χ2n) is 3.52. The van der Waals surface area contributed by atoms with E-state index >= 15 is 0 Å². The Morgan fingerprint density at radius 3 is 2.76 bits per heavy atom. The summed E-state index contributed by atoms with van der Waals surface area (Å²) >= 11 is 0. The lowest BCUT2D eigenvalue weighted by atomic mass is 10.2. The van der Waals surface area contributed by atoms with Crippen molar-refractivity contribution in [3.05, 3.63) is 40.4 Å². The number of carbonyl (C=O) groups excluding carboxylic acids is 1. The van der Waals surface area contributed by atoms with Gasteiger partial charge in [-0.2, -0.15) is 0 Å². The molecule has 0 radical (unpaired) electrons. The summed E-state index contributed by atoms with van der Waals surface area (Å²) in [5.74, 6) is -0.671. The molecule has 17 heavy (non-hydrogen) atoms. The molecule has 0 aliphatic heterocycles. The van der Waals surface area contributed by atoms with Gasteiger partial charge in [0.05, 0.1) is 5.52 Å². The van der Waals surface area contributed by atoms with Crippen LogP contribution in [0.4, 0.5) is 4.39 Å². The van der Waals surface area contributed by atoms with Crippen molar-refractivity contribution in [3.63, 3.8) is 0 Å². The van der Waals surface area contributed by atoms with Crippen LogP contribution in [0.3, 0.4) is 0 Å². The minimum Gasteiger partial charge on any atom is -0.481 e. The monoisotopic (exact) mass is 235 g/mol. The number of ether oxygens (including phenoxy) is 1. The largest absolute Gasteiger partial charge is 0.481 e. The molecule has 0 aliphatic carbocycles. The molecule has 0 atom stereocenters. The summed E-state index contributed by atoms with van der Waals surface area (Å²) in [7, 11) is 1.53. The first-order valence-corrected chi connectivity index (χ1v) is 5.00. The second kappa shape index (κ2) is 4.37. The fraction of sp³-hybridized carbons (Fsp3) is 0.167. The van der Waals surface area contributed by atoms with E-state index in [1.807, 2.05) is 0 Å². The molecule has 0 amide bonds. The Bertz CT molecular complexity index is 633. The third-order valence-corrected chi connectivity index (χ3v) is 2.48. The molecular weight excluding hydrogens is 225 g/mol. The maximum Gasteiger partial charge on any atom is 0.250 e. The first kappa shape index (κ1) is 11.3. The van der Waals surface area contributed by atoms with Crippen molar-refractivity contribution in [1.29, 1.82) is 0 Å². The first-order chi connectivity index (χ1) is 8.15. The molecule has 0 unspecified atom stereocenters. The number of carbonyl (C=O) groups is 1. The summed E-state index contributed by atoms with van der Waals surface area (Å²) in [6.07, 6.45) is 0.527. The number of hydrogen-bond acceptors (Lipinski definition) is 3. The molecular formula is C12H10FNO3. The van der Waals surface area contributed by atoms with Crippen molar-refractivity contribution >= 4 is 17.2 Å². The Balaban J connectivity index is 2.78. The lowest BCUT2D eigenvalue weighted by molar-refractivity contribution is -0.109. The van der Waals surface area contributed by atoms with Crippen molar-refractivity contribution in [2.75, 3.05) is 6.61 Å². The van der Waals surface area contributed by atoms with Gasteiger partial charge >= 0.3 is 0 Å². The van der Waals surface area contributed by atoms with E-state index in [0.29, 0.717) is 17.2 Å². The summed E-state index contributed by atoms with van der Waals surface area (Å²) in [5.41, 5.74) is 0.0819. The van der Waals surface area contributed by atoms with Crippen LogP contribution in [-0.4, -0.2) is 17.5 Å². The molecule has 0 saturated carbocycles. The molecule has 4 nitrogen and oxygen atoms in total. The molecule has 5 heteroatoms. The number of rotatable bonds is 3. The van der Waals surface area contributed by atoms with Crippen LogP contribution in [-0.2, 0) is 11.8 Å². The predicted octanol–water partition coefficient (Wildman–Crippen LogP) is 1.26. The molecule has 0 spiro atoms. The van der Waals surface area contributed by atoms with Gasteiger partial charge in [-0.25, -0.2) is 4.39 Å². The summed E-state index contributed by atoms with van der Waals surface area (Å²) in [6, 6.07) is 5.78. The molecule has 1 aromatic heterocycles. The third kappa shape index (κ3) is 1.91. The highest BCUT2D eigenvalue weighted by atomic mass is 19.1. The van der Waals surface area contributed by atoms with Crippen LogP contribution in [0, 0.1) is 5.82 Å². The van der Waals surface area contributed by atoms with Gasteiger partial charge in [0.15, 0.2) is 17.9 Å². The Kier molecular flexibility index (Phi) is 2.91. The summed E-state index contributed by atoms with van der Waals surface area (Å²) < 4.78 is 19.9. The number of halogens is 1. The van der Waals surface area contributed by atoms with E-state index in [1.54, 1.807) is 12.1 Å². The maximum absolute atomic E-state index is 13.6. The molecule has 0 fully saturated rings. The minimum absolute atomic E-state index is 0.0743. The number of aromatic nitrogens is 1. The van der Waals surface area contributed by atoms with E-state index in [0.717, 1.165) is 0 Å². The van der Waals surface area contributed by atoms with Gasteiger partial charge in [-0.3, -0.25) is 9.59 Å². The van der Waals surface area contributed by atoms with E-state index in [2.05, 4.69) is 0 Å². The minimum atomic E-state index is -0.597. The molecule has 88 valence electrons. The van der Waals surface area contributed by atoms with Crippen molar-refractivity contribution in [1.82, 2.24) is 4.57 Å². The van der Waals surface area contributed by atoms with Crippen LogP contribution in [0.1, 0.15) is 0 Å². The number of pyridine rings is 1. The lowest BCUT2D eigenvalue weighted by Crippen LogP contribution is -2.16. The third-order valence-electron chi connectivity index (χ3n) is 2.48. The van der Waals surface area contributed by atoms with Gasteiger partial charge in [0, 0.05) is 18.5 Å². The van der Waals surface area contributed by atoms with E-state index in [4.69, 9.17) is 4.74 Å². The highest BCUT2D eigenvalue weighted by molar-refractivity contribution is 5.85. The number of nitrogens with zero attached hydrogens (tertiary/aromatic N) is 1. The van der Waals surface area contributed by atoms with Gasteiger partial charge in [0.25, 0.3) is 5.56 Å². The Morgan fingerprint density at radius 2 is 2.06 bits per heavy atom. The van der Waals surface area contributed by atoms with E-state index in [-0.39, 0.29) is 17.9 Å². The topological polar surface area (TPSA) is 48.3 Å². The molecule has 0 aliphatic rings. The highest BCUT2D eigenvalue weighted by Crippen LogP contribution is 2.27. The summed E-state index contributed by atoms with van der Waals surface area (Å²) in [5, 5.41) is 0.675. The maximum atomic E-state index is 13.6. The van der Waals surface area contributed by atoms with Crippen LogP contribution in [0.25, 0.3) is 10.9 Å². The number of hydrogen-bond donors (Lipinski definition) is 0. The normalized spacial score (nSPS) is 10.5. The molecule has 2 aromatic rings. The first-order valence-electron chi connectivity index (χ1n) is 5.00. The zero-order valence-electron chi connectivity index (χ0n) is 9.14. The molecule has 0 bridgehead atoms. The SMILES string of the molecule is Cn1c(=O)ccc2ccc(F)c(OCC=O)c21. The fourth-order valence-corrected chi connectivity index (χ4v) is 1.68. The van der Waals surface area contributed by atoms with Crippen LogP contribution in [0.5, 0.6) is 5.75 Å². The quantitative estimate of drug-likeness (QED) is 0.752. The standard InChI is InChI=1S/C12H10FNO3/c1-14-10(16)5-3-8-2-4-9(13)12(11(8)14)17-7-6-15/h2-6H,7H2,1H3. The zero-order chi connectivity index (χ0) is 12.4. The van der Waals surface area contributed by atoms with Crippen LogP contribution < -0.4 is 10.3 Å². The average Bonchev–Trinajstić information content (AvgIpc) is 2.33. The van der Waals surface area contributed by atoms with Crippen molar-refractivity contribution in [2.24, 2.45) is 7.05 Å². The van der Waals surface area contributed by atoms with Gasteiger partial charge in [0.2, 0.25) is 0 Å². The zero-order valence-corrected chi connectivity index (χ0v) is 9.14. The smallest absolute Gasteiger partial charge is 0.250 e.